The number of nitrogens with one attached hydrogen (secondary N) is 3. The lowest BCUT2D eigenvalue weighted by Crippen LogP contribution is -2.52. The summed E-state index contributed by atoms with van der Waals surface area (Å²) in [5.41, 5.74) is 6.09. The van der Waals surface area contributed by atoms with Crippen molar-refractivity contribution >= 4 is 58.2 Å². The van der Waals surface area contributed by atoms with Crippen molar-refractivity contribution in [2.24, 2.45) is 0 Å². The van der Waals surface area contributed by atoms with Crippen LogP contribution in [0, 0.1) is 0 Å². The van der Waals surface area contributed by atoms with Crippen molar-refractivity contribution < 1.29 is 4.79 Å². The molecule has 0 bridgehead atoms. The number of amides is 1. The Morgan fingerprint density at radius 1 is 1.23 bits per heavy atom. The molecule has 4 nitrogen and oxygen atoms in total. The Labute approximate surface area is 150 Å². The van der Waals surface area contributed by atoms with Crippen LogP contribution in [0.5, 0.6) is 0 Å². The van der Waals surface area contributed by atoms with Crippen molar-refractivity contribution in [2.75, 3.05) is 5.75 Å². The Bertz CT molecular complexity index is 547. The fourth-order valence-electron chi connectivity index (χ4n) is 1.43. The van der Waals surface area contributed by atoms with E-state index in [0.29, 0.717) is 26.7 Å². The maximum absolute atomic E-state index is 11.7. The van der Waals surface area contributed by atoms with Gasteiger partial charge >= 0.3 is 0 Å². The lowest BCUT2D eigenvalue weighted by atomic mass is 10.1. The summed E-state index contributed by atoms with van der Waals surface area (Å²) in [6.45, 7) is 5.95. The van der Waals surface area contributed by atoms with Gasteiger partial charge in [-0.05, 0) is 50.7 Å². The molecule has 0 heterocycles. The number of carbonyl (C=O) groups is 1. The minimum atomic E-state index is -0.155. The number of rotatable bonds is 4. The number of benzene rings is 1. The molecule has 0 atom stereocenters. The molecule has 122 valence electrons. The third-order valence-electron chi connectivity index (χ3n) is 2.29. The van der Waals surface area contributed by atoms with E-state index < -0.39 is 0 Å². The first kappa shape index (κ1) is 19.4. The van der Waals surface area contributed by atoms with Crippen molar-refractivity contribution in [2.45, 2.75) is 32.1 Å². The van der Waals surface area contributed by atoms with Gasteiger partial charge in [0.05, 0.1) is 15.8 Å². The van der Waals surface area contributed by atoms with E-state index in [9.17, 15) is 4.79 Å². The number of halogens is 2. The van der Waals surface area contributed by atoms with E-state index in [2.05, 4.69) is 16.2 Å². The van der Waals surface area contributed by atoms with Crippen molar-refractivity contribution in [3.05, 3.63) is 33.8 Å². The van der Waals surface area contributed by atoms with Crippen LogP contribution in [-0.2, 0) is 10.5 Å². The SMILES string of the molecule is CC(C)(C)NC(=S)NNC(=O)CSCc1ccc(Cl)c(Cl)c1. The zero-order chi connectivity index (χ0) is 16.8. The number of hydrazine groups is 1. The molecule has 0 unspecified atom stereocenters. The van der Waals surface area contributed by atoms with Crippen LogP contribution in [0.3, 0.4) is 0 Å². The van der Waals surface area contributed by atoms with E-state index in [1.54, 1.807) is 12.1 Å². The van der Waals surface area contributed by atoms with Gasteiger partial charge < -0.3 is 5.32 Å². The highest BCUT2D eigenvalue weighted by Crippen LogP contribution is 2.24. The summed E-state index contributed by atoms with van der Waals surface area (Å²) in [5, 5.41) is 4.47. The number of thiocarbonyl (C=S) groups is 1. The zero-order valence-corrected chi connectivity index (χ0v) is 15.8. The number of hydrogen-bond acceptors (Lipinski definition) is 3. The molecule has 0 aliphatic heterocycles. The van der Waals surface area contributed by atoms with E-state index in [4.69, 9.17) is 35.4 Å². The Balaban J connectivity index is 2.26. The summed E-state index contributed by atoms with van der Waals surface area (Å²) in [5.74, 6) is 0.837. The van der Waals surface area contributed by atoms with Crippen molar-refractivity contribution in [3.8, 4) is 0 Å². The quantitative estimate of drug-likeness (QED) is 0.551. The van der Waals surface area contributed by atoms with Gasteiger partial charge in [0.15, 0.2) is 5.11 Å². The fourth-order valence-corrected chi connectivity index (χ4v) is 2.88. The first-order valence-corrected chi connectivity index (χ1v) is 8.88. The standard InChI is InChI=1S/C14H19Cl2N3OS2/c1-14(2,3)17-13(21)19-18-12(20)8-22-7-9-4-5-10(15)11(16)6-9/h4-6H,7-8H2,1-3H3,(H,18,20)(H2,17,19,21). The highest BCUT2D eigenvalue weighted by Gasteiger charge is 2.11. The predicted octanol–water partition coefficient (Wildman–Crippen LogP) is 3.52. The van der Waals surface area contributed by atoms with Gasteiger partial charge in [-0.15, -0.1) is 11.8 Å². The largest absolute Gasteiger partial charge is 0.357 e. The van der Waals surface area contributed by atoms with E-state index in [-0.39, 0.29) is 11.4 Å². The van der Waals surface area contributed by atoms with Crippen LogP contribution in [-0.4, -0.2) is 22.3 Å². The Morgan fingerprint density at radius 3 is 2.50 bits per heavy atom. The normalized spacial score (nSPS) is 11.0. The van der Waals surface area contributed by atoms with Gasteiger partial charge in [0, 0.05) is 11.3 Å². The first-order valence-electron chi connectivity index (χ1n) is 6.56. The van der Waals surface area contributed by atoms with Gasteiger partial charge in [-0.25, -0.2) is 0 Å². The monoisotopic (exact) mass is 379 g/mol. The summed E-state index contributed by atoms with van der Waals surface area (Å²) >= 11 is 18.3. The molecule has 0 aliphatic carbocycles. The molecule has 0 spiro atoms. The maximum Gasteiger partial charge on any atom is 0.248 e. The summed E-state index contributed by atoms with van der Waals surface area (Å²) < 4.78 is 0. The summed E-state index contributed by atoms with van der Waals surface area (Å²) in [7, 11) is 0. The van der Waals surface area contributed by atoms with Crippen molar-refractivity contribution in [1.29, 1.82) is 0 Å². The second kappa shape index (κ2) is 8.82. The molecular weight excluding hydrogens is 361 g/mol. The zero-order valence-electron chi connectivity index (χ0n) is 12.6. The molecule has 1 aromatic rings. The van der Waals surface area contributed by atoms with Crippen molar-refractivity contribution in [1.82, 2.24) is 16.2 Å². The van der Waals surface area contributed by atoms with E-state index in [1.807, 2.05) is 26.8 Å². The topological polar surface area (TPSA) is 53.2 Å². The van der Waals surface area contributed by atoms with Gasteiger partial charge in [-0.2, -0.15) is 0 Å². The van der Waals surface area contributed by atoms with Crippen LogP contribution in [0.4, 0.5) is 0 Å². The number of hydrogen-bond donors (Lipinski definition) is 3. The number of thioether (sulfide) groups is 1. The van der Waals surface area contributed by atoms with Gasteiger partial charge in [0.1, 0.15) is 0 Å². The third kappa shape index (κ3) is 8.08. The van der Waals surface area contributed by atoms with Gasteiger partial charge in [-0.3, -0.25) is 15.6 Å². The Kier molecular flexibility index (Phi) is 7.76. The second-order valence-corrected chi connectivity index (χ2v) is 7.83. The van der Waals surface area contributed by atoms with Crippen LogP contribution < -0.4 is 16.2 Å². The van der Waals surface area contributed by atoms with Crippen LogP contribution in [0.2, 0.25) is 10.0 Å². The molecule has 1 aromatic carbocycles. The highest BCUT2D eigenvalue weighted by atomic mass is 35.5. The van der Waals surface area contributed by atoms with Crippen molar-refractivity contribution in [3.63, 3.8) is 0 Å². The highest BCUT2D eigenvalue weighted by molar-refractivity contribution is 7.99. The van der Waals surface area contributed by atoms with Gasteiger partial charge in [0.25, 0.3) is 0 Å². The maximum atomic E-state index is 11.7. The summed E-state index contributed by atoms with van der Waals surface area (Å²) in [4.78, 5) is 11.7. The molecule has 0 saturated heterocycles. The lowest BCUT2D eigenvalue weighted by molar-refractivity contribution is -0.119. The molecule has 0 aromatic heterocycles. The minimum Gasteiger partial charge on any atom is -0.357 e. The molecule has 8 heteroatoms. The van der Waals surface area contributed by atoms with Crippen LogP contribution in [0.1, 0.15) is 26.3 Å². The van der Waals surface area contributed by atoms with Crippen LogP contribution >= 0.6 is 47.2 Å². The number of carbonyl (C=O) groups excluding carboxylic acids is 1. The lowest BCUT2D eigenvalue weighted by Gasteiger charge is -2.23. The summed E-state index contributed by atoms with van der Waals surface area (Å²) in [6.07, 6.45) is 0. The molecular formula is C14H19Cl2N3OS2. The predicted molar refractivity (Wildman–Crippen MR) is 99.4 cm³/mol. The molecule has 22 heavy (non-hydrogen) atoms. The molecule has 0 aliphatic rings. The molecule has 0 fully saturated rings. The van der Waals surface area contributed by atoms with Gasteiger partial charge in [-0.1, -0.05) is 29.3 Å². The Morgan fingerprint density at radius 2 is 1.91 bits per heavy atom. The third-order valence-corrected chi connectivity index (χ3v) is 4.24. The summed E-state index contributed by atoms with van der Waals surface area (Å²) in [6, 6.07) is 5.44. The van der Waals surface area contributed by atoms with E-state index >= 15 is 0 Å². The average Bonchev–Trinajstić information content (AvgIpc) is 2.38. The molecule has 1 amide bonds. The Hall–Kier alpha value is -0.690. The minimum absolute atomic E-state index is 0.150. The fraction of sp³-hybridized carbons (Fsp3) is 0.429. The van der Waals surface area contributed by atoms with E-state index in [0.717, 1.165) is 5.56 Å². The average molecular weight is 380 g/mol. The first-order chi connectivity index (χ1) is 10.2. The van der Waals surface area contributed by atoms with Gasteiger partial charge in [0.2, 0.25) is 5.91 Å². The smallest absolute Gasteiger partial charge is 0.248 e. The van der Waals surface area contributed by atoms with E-state index in [1.165, 1.54) is 11.8 Å². The molecule has 1 rings (SSSR count). The second-order valence-electron chi connectivity index (χ2n) is 5.62. The molecule has 3 N–H and O–H groups in total. The molecule has 0 radical (unpaired) electrons. The van der Waals surface area contributed by atoms with Crippen LogP contribution in [0.25, 0.3) is 0 Å². The molecule has 0 saturated carbocycles. The van der Waals surface area contributed by atoms with Crippen LogP contribution in [0.15, 0.2) is 18.2 Å².